The first-order valence-electron chi connectivity index (χ1n) is 4.83. The second-order valence-electron chi connectivity index (χ2n) is 3.34. The van der Waals surface area contributed by atoms with Gasteiger partial charge in [-0.25, -0.2) is 9.97 Å². The van der Waals surface area contributed by atoms with E-state index >= 15 is 0 Å². The van der Waals surface area contributed by atoms with Crippen LogP contribution in [0.1, 0.15) is 10.4 Å². The lowest BCUT2D eigenvalue weighted by Gasteiger charge is -2.06. The van der Waals surface area contributed by atoms with Crippen LogP contribution in [0.15, 0.2) is 35.1 Å². The van der Waals surface area contributed by atoms with Crippen LogP contribution < -0.4 is 5.32 Å². The SMILES string of the molecule is O=C(Nc1cnc(Cl)cn1)c1cc(Br)ccc1O. The quantitative estimate of drug-likeness (QED) is 0.889. The average molecular weight is 329 g/mol. The lowest BCUT2D eigenvalue weighted by molar-refractivity contribution is 0.102. The number of hydrogen-bond donors (Lipinski definition) is 2. The standard InChI is InChI=1S/C11H7BrClN3O2/c12-6-1-2-8(17)7(3-6)11(18)16-10-5-14-9(13)4-15-10/h1-5,17H,(H,15,16,18). The molecule has 7 heteroatoms. The van der Waals surface area contributed by atoms with Gasteiger partial charge in [-0.05, 0) is 18.2 Å². The molecule has 0 aliphatic heterocycles. The molecule has 92 valence electrons. The lowest BCUT2D eigenvalue weighted by atomic mass is 10.2. The number of hydrogen-bond acceptors (Lipinski definition) is 4. The molecule has 1 aromatic heterocycles. The van der Waals surface area contributed by atoms with E-state index in [0.29, 0.717) is 4.47 Å². The Labute approximate surface area is 116 Å². The molecule has 5 nitrogen and oxygen atoms in total. The molecule has 1 heterocycles. The third-order valence-electron chi connectivity index (χ3n) is 2.07. The van der Waals surface area contributed by atoms with Crippen molar-refractivity contribution in [2.75, 3.05) is 5.32 Å². The maximum absolute atomic E-state index is 11.9. The molecule has 18 heavy (non-hydrogen) atoms. The van der Waals surface area contributed by atoms with Crippen LogP contribution in [0.25, 0.3) is 0 Å². The zero-order chi connectivity index (χ0) is 13.1. The maximum Gasteiger partial charge on any atom is 0.260 e. The fraction of sp³-hybridized carbons (Fsp3) is 0. The highest BCUT2D eigenvalue weighted by Gasteiger charge is 2.12. The van der Waals surface area contributed by atoms with Crippen molar-refractivity contribution in [2.45, 2.75) is 0 Å². The molecule has 0 aliphatic rings. The number of halogens is 2. The van der Waals surface area contributed by atoms with E-state index in [1.165, 1.54) is 24.5 Å². The van der Waals surface area contributed by atoms with E-state index in [1.807, 2.05) is 0 Å². The molecule has 0 unspecified atom stereocenters. The average Bonchev–Trinajstić information content (AvgIpc) is 2.35. The Balaban J connectivity index is 2.21. The minimum Gasteiger partial charge on any atom is -0.507 e. The maximum atomic E-state index is 11.9. The fourth-order valence-corrected chi connectivity index (χ4v) is 1.71. The molecular formula is C11H7BrClN3O2. The Morgan fingerprint density at radius 1 is 1.33 bits per heavy atom. The summed E-state index contributed by atoms with van der Waals surface area (Å²) in [6, 6.07) is 4.56. The van der Waals surface area contributed by atoms with Crippen LogP contribution in [-0.4, -0.2) is 21.0 Å². The van der Waals surface area contributed by atoms with Crippen LogP contribution in [0, 0.1) is 0 Å². The van der Waals surface area contributed by atoms with Crippen LogP contribution in [0.2, 0.25) is 5.15 Å². The van der Waals surface area contributed by atoms with E-state index in [1.54, 1.807) is 6.07 Å². The summed E-state index contributed by atoms with van der Waals surface area (Å²) >= 11 is 8.80. The van der Waals surface area contributed by atoms with Crippen LogP contribution >= 0.6 is 27.5 Å². The second-order valence-corrected chi connectivity index (χ2v) is 4.64. The van der Waals surface area contributed by atoms with Crippen molar-refractivity contribution in [2.24, 2.45) is 0 Å². The summed E-state index contributed by atoms with van der Waals surface area (Å²) in [6.45, 7) is 0. The molecule has 0 atom stereocenters. The van der Waals surface area contributed by atoms with Gasteiger partial charge < -0.3 is 10.4 Å². The molecule has 2 N–H and O–H groups in total. The van der Waals surface area contributed by atoms with E-state index in [4.69, 9.17) is 11.6 Å². The molecule has 2 aromatic rings. The first kappa shape index (κ1) is 12.8. The normalized spacial score (nSPS) is 10.1. The molecular weight excluding hydrogens is 321 g/mol. The number of rotatable bonds is 2. The van der Waals surface area contributed by atoms with Crippen LogP contribution in [-0.2, 0) is 0 Å². The number of phenolic OH excluding ortho intramolecular Hbond substituents is 1. The zero-order valence-electron chi connectivity index (χ0n) is 8.89. The Morgan fingerprint density at radius 2 is 2.11 bits per heavy atom. The van der Waals surface area contributed by atoms with E-state index in [2.05, 4.69) is 31.2 Å². The number of anilines is 1. The summed E-state index contributed by atoms with van der Waals surface area (Å²) in [5, 5.41) is 12.3. The minimum atomic E-state index is -0.481. The van der Waals surface area contributed by atoms with Crippen molar-refractivity contribution in [1.29, 1.82) is 0 Å². The monoisotopic (exact) mass is 327 g/mol. The van der Waals surface area contributed by atoms with Crippen molar-refractivity contribution < 1.29 is 9.90 Å². The van der Waals surface area contributed by atoms with E-state index in [-0.39, 0.29) is 22.3 Å². The van der Waals surface area contributed by atoms with Gasteiger partial charge in [-0.1, -0.05) is 27.5 Å². The smallest absolute Gasteiger partial charge is 0.260 e. The highest BCUT2D eigenvalue weighted by atomic mass is 79.9. The van der Waals surface area contributed by atoms with E-state index < -0.39 is 5.91 Å². The van der Waals surface area contributed by atoms with E-state index in [9.17, 15) is 9.90 Å². The van der Waals surface area contributed by atoms with Gasteiger partial charge in [0, 0.05) is 4.47 Å². The Kier molecular flexibility index (Phi) is 3.78. The van der Waals surface area contributed by atoms with Gasteiger partial charge in [0.05, 0.1) is 18.0 Å². The van der Waals surface area contributed by atoms with Gasteiger partial charge in [-0.15, -0.1) is 0 Å². The number of aromatic hydroxyl groups is 1. The van der Waals surface area contributed by atoms with Crippen molar-refractivity contribution in [1.82, 2.24) is 9.97 Å². The highest BCUT2D eigenvalue weighted by molar-refractivity contribution is 9.10. The van der Waals surface area contributed by atoms with Gasteiger partial charge in [0.25, 0.3) is 5.91 Å². The molecule has 0 spiro atoms. The molecule has 1 amide bonds. The number of carbonyl (C=O) groups excluding carboxylic acids is 1. The molecule has 0 bridgehead atoms. The Morgan fingerprint density at radius 3 is 2.78 bits per heavy atom. The van der Waals surface area contributed by atoms with Gasteiger partial charge in [0.15, 0.2) is 5.82 Å². The molecule has 0 saturated heterocycles. The lowest BCUT2D eigenvalue weighted by Crippen LogP contribution is -2.13. The molecule has 0 saturated carbocycles. The number of amides is 1. The number of benzene rings is 1. The summed E-state index contributed by atoms with van der Waals surface area (Å²) in [7, 11) is 0. The second kappa shape index (κ2) is 5.32. The fourth-order valence-electron chi connectivity index (χ4n) is 1.25. The molecule has 0 aliphatic carbocycles. The van der Waals surface area contributed by atoms with Gasteiger partial charge in [0.2, 0.25) is 0 Å². The summed E-state index contributed by atoms with van der Waals surface area (Å²) in [4.78, 5) is 19.5. The first-order valence-corrected chi connectivity index (χ1v) is 6.01. The molecule has 2 rings (SSSR count). The van der Waals surface area contributed by atoms with Gasteiger partial charge >= 0.3 is 0 Å². The van der Waals surface area contributed by atoms with Crippen molar-refractivity contribution in [3.63, 3.8) is 0 Å². The van der Waals surface area contributed by atoms with Crippen molar-refractivity contribution >= 4 is 39.3 Å². The summed E-state index contributed by atoms with van der Waals surface area (Å²) in [5.41, 5.74) is 0.140. The summed E-state index contributed by atoms with van der Waals surface area (Å²) < 4.78 is 0.688. The summed E-state index contributed by atoms with van der Waals surface area (Å²) in [6.07, 6.45) is 2.65. The van der Waals surface area contributed by atoms with Crippen molar-refractivity contribution in [3.05, 3.63) is 45.8 Å². The third kappa shape index (κ3) is 2.96. The third-order valence-corrected chi connectivity index (χ3v) is 2.75. The molecule has 0 radical (unpaired) electrons. The van der Waals surface area contributed by atoms with E-state index in [0.717, 1.165) is 0 Å². The number of nitrogens with one attached hydrogen (secondary N) is 1. The zero-order valence-corrected chi connectivity index (χ0v) is 11.2. The topological polar surface area (TPSA) is 75.1 Å². The van der Waals surface area contributed by atoms with Crippen LogP contribution in [0.5, 0.6) is 5.75 Å². The van der Waals surface area contributed by atoms with Crippen LogP contribution in [0.3, 0.4) is 0 Å². The highest BCUT2D eigenvalue weighted by Crippen LogP contribution is 2.22. The number of nitrogens with zero attached hydrogens (tertiary/aromatic N) is 2. The number of phenols is 1. The largest absolute Gasteiger partial charge is 0.507 e. The Bertz CT molecular complexity index is 589. The number of carbonyl (C=O) groups is 1. The predicted molar refractivity (Wildman–Crippen MR) is 70.8 cm³/mol. The minimum absolute atomic E-state index is 0.113. The van der Waals surface area contributed by atoms with Gasteiger partial charge in [-0.3, -0.25) is 4.79 Å². The first-order chi connectivity index (χ1) is 8.56. The molecule has 0 fully saturated rings. The Hall–Kier alpha value is -1.66. The number of aromatic nitrogens is 2. The molecule has 1 aromatic carbocycles. The van der Waals surface area contributed by atoms with Gasteiger partial charge in [-0.2, -0.15) is 0 Å². The van der Waals surface area contributed by atoms with Crippen LogP contribution in [0.4, 0.5) is 5.82 Å². The summed E-state index contributed by atoms with van der Waals surface area (Å²) in [5.74, 6) is -0.341. The van der Waals surface area contributed by atoms with Gasteiger partial charge in [0.1, 0.15) is 10.9 Å². The van der Waals surface area contributed by atoms with Crippen molar-refractivity contribution in [3.8, 4) is 5.75 Å². The predicted octanol–water partition coefficient (Wildman–Crippen LogP) is 2.85.